The number of carbonyl (C=O) groups is 4. The summed E-state index contributed by atoms with van der Waals surface area (Å²) in [6, 6.07) is 14.0. The molecule has 12 nitrogen and oxygen atoms in total. The molecule has 4 amide bonds. The SMILES string of the molecule is C=C[C@@H]1C[C@]1(NC(=O)[C@@H]1C[C@@](OC)(c2ccc(-c3ccccc3)cc2)CN1C(=O)[C@@H](NC(=O)OC(C)(C)C(F)(F)F)C(C)(C)C)C(=O)NS(=O)(=O)C1CC1. The first-order valence-corrected chi connectivity index (χ1v) is 19.1. The number of nitrogens with zero attached hydrogens (tertiary/aromatic N) is 1. The second-order valence-corrected chi connectivity index (χ2v) is 17.8. The Hall–Kier alpha value is -4.44. The third kappa shape index (κ3) is 8.14. The van der Waals surface area contributed by atoms with Crippen LogP contribution >= 0.6 is 0 Å². The smallest absolute Gasteiger partial charge is 0.427 e. The third-order valence-corrected chi connectivity index (χ3v) is 12.3. The Bertz CT molecular complexity index is 1890. The number of hydrogen-bond acceptors (Lipinski definition) is 8. The van der Waals surface area contributed by atoms with E-state index in [-0.39, 0.29) is 19.4 Å². The molecule has 2 saturated carbocycles. The fourth-order valence-corrected chi connectivity index (χ4v) is 8.04. The Morgan fingerprint density at radius 3 is 2.04 bits per heavy atom. The van der Waals surface area contributed by atoms with Crippen LogP contribution in [0.3, 0.4) is 0 Å². The van der Waals surface area contributed by atoms with Crippen LogP contribution in [0.1, 0.15) is 65.9 Å². The van der Waals surface area contributed by atoms with Crippen molar-refractivity contribution in [3.63, 3.8) is 0 Å². The minimum absolute atomic E-state index is 0.0539. The zero-order valence-electron chi connectivity index (χ0n) is 31.1. The number of ether oxygens (including phenoxy) is 2. The molecule has 0 radical (unpaired) electrons. The number of rotatable bonds is 12. The summed E-state index contributed by atoms with van der Waals surface area (Å²) in [5.41, 5.74) is -4.53. The standard InChI is InChI=1S/C38H47F3N4O8S/c1-8-25-20-37(25,32(48)44-54(50,51)27-18-19-27)43-30(46)28-21-36(52-7,26-16-14-24(15-17-26)23-12-10-9-11-13-23)22-45(28)31(47)29(34(2,3)4)42-33(49)53-35(5,6)38(39,40)41/h8-17,25,27-29H,1,18-22H2,2-7H3,(H,42,49)(H,43,46)(H,44,48)/t25-,28+,29-,36+,37-/m1/s1. The van der Waals surface area contributed by atoms with Gasteiger partial charge in [-0.05, 0) is 55.2 Å². The van der Waals surface area contributed by atoms with Gasteiger partial charge in [0.1, 0.15) is 23.2 Å². The first-order chi connectivity index (χ1) is 25.0. The summed E-state index contributed by atoms with van der Waals surface area (Å²) < 4.78 is 79.1. The number of amides is 4. The molecule has 5 rings (SSSR count). The van der Waals surface area contributed by atoms with Gasteiger partial charge in [0, 0.05) is 19.4 Å². The molecule has 2 aromatic carbocycles. The molecular formula is C38H47F3N4O8S. The van der Waals surface area contributed by atoms with E-state index in [1.165, 1.54) is 18.1 Å². The van der Waals surface area contributed by atoms with Crippen LogP contribution in [0.15, 0.2) is 67.3 Å². The number of sulfonamides is 1. The Balaban J connectivity index is 1.50. The van der Waals surface area contributed by atoms with E-state index in [4.69, 9.17) is 9.47 Å². The zero-order valence-corrected chi connectivity index (χ0v) is 31.9. The van der Waals surface area contributed by atoms with Gasteiger partial charge in [0.05, 0.1) is 11.8 Å². The highest BCUT2D eigenvalue weighted by Crippen LogP contribution is 2.47. The van der Waals surface area contributed by atoms with Crippen molar-refractivity contribution in [2.45, 2.75) is 101 Å². The van der Waals surface area contributed by atoms with E-state index in [9.17, 15) is 40.8 Å². The van der Waals surface area contributed by atoms with Crippen molar-refractivity contribution in [1.82, 2.24) is 20.3 Å². The Morgan fingerprint density at radius 1 is 0.944 bits per heavy atom. The number of alkyl carbamates (subject to hydrolysis) is 1. The average molecular weight is 777 g/mol. The maximum Gasteiger partial charge on any atom is 0.427 e. The topological polar surface area (TPSA) is 160 Å². The monoisotopic (exact) mass is 776 g/mol. The number of methoxy groups -OCH3 is 1. The molecular weight excluding hydrogens is 729 g/mol. The minimum Gasteiger partial charge on any atom is -0.434 e. The van der Waals surface area contributed by atoms with E-state index < -0.39 is 85.4 Å². The predicted molar refractivity (Wildman–Crippen MR) is 193 cm³/mol. The summed E-state index contributed by atoms with van der Waals surface area (Å²) in [5, 5.41) is 4.31. The third-order valence-electron chi connectivity index (χ3n) is 10.5. The van der Waals surface area contributed by atoms with E-state index in [0.717, 1.165) is 11.1 Å². The first kappa shape index (κ1) is 40.7. The maximum atomic E-state index is 14.6. The van der Waals surface area contributed by atoms with Crippen molar-refractivity contribution < 1.29 is 50.2 Å². The van der Waals surface area contributed by atoms with Gasteiger partial charge in [0.25, 0.3) is 5.91 Å². The van der Waals surface area contributed by atoms with Crippen molar-refractivity contribution in [3.8, 4) is 11.1 Å². The summed E-state index contributed by atoms with van der Waals surface area (Å²) >= 11 is 0. The Labute approximate surface area is 313 Å². The number of alkyl halides is 3. The quantitative estimate of drug-likeness (QED) is 0.256. The van der Waals surface area contributed by atoms with E-state index in [1.807, 2.05) is 42.5 Å². The van der Waals surface area contributed by atoms with Crippen molar-refractivity contribution in [2.24, 2.45) is 11.3 Å². The highest BCUT2D eigenvalue weighted by Gasteiger charge is 2.63. The van der Waals surface area contributed by atoms with Gasteiger partial charge in [-0.15, -0.1) is 6.58 Å². The molecule has 1 aliphatic heterocycles. The highest BCUT2D eigenvalue weighted by atomic mass is 32.2. The second kappa shape index (κ2) is 14.3. The molecule has 0 bridgehead atoms. The lowest BCUT2D eigenvalue weighted by Crippen LogP contribution is -2.60. The fourth-order valence-electron chi connectivity index (χ4n) is 6.68. The van der Waals surface area contributed by atoms with Crippen LogP contribution in [0.5, 0.6) is 0 Å². The van der Waals surface area contributed by atoms with Gasteiger partial charge in [0.2, 0.25) is 27.4 Å². The number of likely N-dealkylation sites (tertiary alicyclic amines) is 1. The van der Waals surface area contributed by atoms with E-state index in [1.54, 1.807) is 32.9 Å². The number of benzene rings is 2. The van der Waals surface area contributed by atoms with Crippen LogP contribution in [0.2, 0.25) is 0 Å². The van der Waals surface area contributed by atoms with E-state index >= 15 is 0 Å². The lowest BCUT2D eigenvalue weighted by Gasteiger charge is -2.36. The molecule has 1 heterocycles. The molecule has 3 N–H and O–H groups in total. The van der Waals surface area contributed by atoms with Crippen molar-refractivity contribution in [2.75, 3.05) is 13.7 Å². The molecule has 0 spiro atoms. The summed E-state index contributed by atoms with van der Waals surface area (Å²) in [5.74, 6) is -3.17. The fraction of sp³-hybridized carbons (Fsp3) is 0.526. The summed E-state index contributed by atoms with van der Waals surface area (Å²) in [4.78, 5) is 56.6. The minimum atomic E-state index is -4.91. The predicted octanol–water partition coefficient (Wildman–Crippen LogP) is 4.95. The maximum absolute atomic E-state index is 14.6. The van der Waals surface area contributed by atoms with Crippen molar-refractivity contribution in [1.29, 1.82) is 0 Å². The van der Waals surface area contributed by atoms with Crippen LogP contribution < -0.4 is 15.4 Å². The molecule has 16 heteroatoms. The van der Waals surface area contributed by atoms with Crippen molar-refractivity contribution >= 4 is 33.8 Å². The number of halogens is 3. The molecule has 0 aromatic heterocycles. The van der Waals surface area contributed by atoms with Crippen LogP contribution in [0.25, 0.3) is 11.1 Å². The number of carbonyl (C=O) groups excluding carboxylic acids is 4. The van der Waals surface area contributed by atoms with Gasteiger partial charge in [-0.2, -0.15) is 13.2 Å². The van der Waals surface area contributed by atoms with Gasteiger partial charge in [-0.1, -0.05) is 81.4 Å². The largest absolute Gasteiger partial charge is 0.434 e. The molecule has 2 aliphatic carbocycles. The van der Waals surface area contributed by atoms with Crippen LogP contribution in [-0.2, 0) is 39.5 Å². The second-order valence-electron chi connectivity index (χ2n) is 15.9. The summed E-state index contributed by atoms with van der Waals surface area (Å²) in [6.07, 6.45) is -4.25. The van der Waals surface area contributed by atoms with Crippen molar-refractivity contribution in [3.05, 3.63) is 72.8 Å². The van der Waals surface area contributed by atoms with Gasteiger partial charge >= 0.3 is 12.3 Å². The molecule has 3 aliphatic rings. The molecule has 294 valence electrons. The molecule has 2 aromatic rings. The van der Waals surface area contributed by atoms with E-state index in [0.29, 0.717) is 32.3 Å². The average Bonchev–Trinajstić information content (AvgIpc) is 4.03. The number of nitrogens with one attached hydrogen (secondary N) is 3. The molecule has 0 unspecified atom stereocenters. The van der Waals surface area contributed by atoms with Crippen LogP contribution in [0, 0.1) is 11.3 Å². The van der Waals surface area contributed by atoms with E-state index in [2.05, 4.69) is 21.9 Å². The Kier molecular flexibility index (Phi) is 10.8. The summed E-state index contributed by atoms with van der Waals surface area (Å²) in [6.45, 7) is 9.59. The lowest BCUT2D eigenvalue weighted by atomic mass is 9.85. The van der Waals surface area contributed by atoms with Crippen LogP contribution in [-0.4, -0.2) is 85.4 Å². The lowest BCUT2D eigenvalue weighted by molar-refractivity contribution is -0.244. The Morgan fingerprint density at radius 2 is 1.54 bits per heavy atom. The van der Waals surface area contributed by atoms with Gasteiger partial charge in [0.15, 0.2) is 0 Å². The first-order valence-electron chi connectivity index (χ1n) is 17.6. The van der Waals surface area contributed by atoms with Crippen LogP contribution in [0.4, 0.5) is 18.0 Å². The molecule has 54 heavy (non-hydrogen) atoms. The normalized spacial score (nSPS) is 24.9. The van der Waals surface area contributed by atoms with Gasteiger partial charge in [-0.3, -0.25) is 19.1 Å². The molecule has 3 fully saturated rings. The molecule has 5 atom stereocenters. The zero-order chi connectivity index (χ0) is 40.1. The van der Waals surface area contributed by atoms with Gasteiger partial charge in [-0.25, -0.2) is 13.2 Å². The highest BCUT2D eigenvalue weighted by molar-refractivity contribution is 7.91. The summed E-state index contributed by atoms with van der Waals surface area (Å²) in [7, 11) is -2.56. The molecule has 1 saturated heterocycles. The van der Waals surface area contributed by atoms with Gasteiger partial charge < -0.3 is 25.0 Å². The number of hydrogen-bond donors (Lipinski definition) is 3.